The van der Waals surface area contributed by atoms with Crippen LogP contribution in [0.25, 0.3) is 0 Å². The Hall–Kier alpha value is -1.60. The molecular weight excluding hydrogens is 306 g/mol. The summed E-state index contributed by atoms with van der Waals surface area (Å²) in [4.78, 5) is 3.09. The number of benzene rings is 1. The molecule has 1 aromatic carbocycles. The molecule has 0 radical (unpaired) electrons. The highest BCUT2D eigenvalue weighted by Crippen LogP contribution is 2.21. The fourth-order valence-corrected chi connectivity index (χ4v) is 3.87. The minimum absolute atomic E-state index is 0.0165. The van der Waals surface area contributed by atoms with Crippen LogP contribution in [0.2, 0.25) is 0 Å². The first kappa shape index (κ1) is 15.8. The lowest BCUT2D eigenvalue weighted by Crippen LogP contribution is -2.26. The van der Waals surface area contributed by atoms with E-state index in [0.717, 1.165) is 5.69 Å². The molecule has 1 aromatic heterocycles. The van der Waals surface area contributed by atoms with Gasteiger partial charge in [0.05, 0.1) is 4.90 Å². The minimum atomic E-state index is -3.62. The average Bonchev–Trinajstić information content (AvgIpc) is 2.79. The van der Waals surface area contributed by atoms with Gasteiger partial charge in [0.25, 0.3) is 10.0 Å². The number of sulfonamides is 1. The topological polar surface area (TPSA) is 63.5 Å². The maximum atomic E-state index is 12.1. The number of aromatic nitrogens is 1. The van der Waals surface area contributed by atoms with Crippen LogP contribution in [0.1, 0.15) is 26.5 Å². The second-order valence-corrected chi connectivity index (χ2v) is 8.23. The molecule has 0 aliphatic carbocycles. The molecule has 1 N–H and O–H groups in total. The van der Waals surface area contributed by atoms with Gasteiger partial charge in [0.1, 0.15) is 0 Å². The van der Waals surface area contributed by atoms with Gasteiger partial charge in [0.15, 0.2) is 0 Å². The van der Waals surface area contributed by atoms with Crippen molar-refractivity contribution in [2.45, 2.75) is 31.1 Å². The van der Waals surface area contributed by atoms with Gasteiger partial charge in [-0.2, -0.15) is 13.2 Å². The summed E-state index contributed by atoms with van der Waals surface area (Å²) in [5.41, 5.74) is 1.09. The van der Waals surface area contributed by atoms with Crippen molar-refractivity contribution < 1.29 is 8.42 Å². The van der Waals surface area contributed by atoms with E-state index < -0.39 is 10.0 Å². The van der Waals surface area contributed by atoms with E-state index in [1.807, 2.05) is 17.0 Å². The van der Waals surface area contributed by atoms with Gasteiger partial charge < -0.3 is 4.57 Å². The maximum absolute atomic E-state index is 12.1. The van der Waals surface area contributed by atoms with Crippen LogP contribution in [-0.4, -0.2) is 13.0 Å². The fourth-order valence-electron chi connectivity index (χ4n) is 1.90. The Morgan fingerprint density at radius 2 is 1.81 bits per heavy atom. The lowest BCUT2D eigenvalue weighted by molar-refractivity contribution is 0.535. The molecule has 2 aromatic rings. The van der Waals surface area contributed by atoms with Crippen molar-refractivity contribution >= 4 is 21.4 Å². The summed E-state index contributed by atoms with van der Waals surface area (Å²) in [6, 6.07) is 8.19. The van der Waals surface area contributed by atoms with Crippen LogP contribution in [0.3, 0.4) is 0 Å². The highest BCUT2D eigenvalue weighted by Gasteiger charge is 2.18. The van der Waals surface area contributed by atoms with Crippen LogP contribution in [-0.2, 0) is 22.5 Å². The molecule has 0 aliphatic heterocycles. The van der Waals surface area contributed by atoms with E-state index in [9.17, 15) is 8.42 Å². The first-order chi connectivity index (χ1) is 9.72. The summed E-state index contributed by atoms with van der Waals surface area (Å²) < 4.78 is 26.1. The molecule has 114 valence electrons. The summed E-state index contributed by atoms with van der Waals surface area (Å²) in [6.45, 7) is 6.31. The number of nitrogens with one attached hydrogen (secondary N) is 1. The van der Waals surface area contributed by atoms with Gasteiger partial charge in [-0.25, -0.2) is 0 Å². The Balaban J connectivity index is 2.33. The SMILES string of the molecule is Cn1c(C(C)(C)C)cs/c1=N\NS(=O)(=O)c1ccccc1. The van der Waals surface area contributed by atoms with Crippen LogP contribution in [0, 0.1) is 0 Å². The quantitative estimate of drug-likeness (QED) is 0.879. The minimum Gasteiger partial charge on any atom is -0.322 e. The van der Waals surface area contributed by atoms with Crippen LogP contribution in [0.5, 0.6) is 0 Å². The molecule has 1 heterocycles. The predicted molar refractivity (Wildman–Crippen MR) is 84.3 cm³/mol. The summed E-state index contributed by atoms with van der Waals surface area (Å²) in [5.74, 6) is 0. The number of rotatable bonds is 3. The normalized spacial score (nSPS) is 13.4. The van der Waals surface area contributed by atoms with E-state index in [-0.39, 0.29) is 10.3 Å². The molecule has 0 aliphatic rings. The van der Waals surface area contributed by atoms with Gasteiger partial charge in [-0.15, -0.1) is 16.4 Å². The van der Waals surface area contributed by atoms with Crippen molar-refractivity contribution in [3.63, 3.8) is 0 Å². The smallest absolute Gasteiger partial charge is 0.276 e. The van der Waals surface area contributed by atoms with Gasteiger partial charge in [0, 0.05) is 23.5 Å². The van der Waals surface area contributed by atoms with Crippen LogP contribution >= 0.6 is 11.3 Å². The highest BCUT2D eigenvalue weighted by atomic mass is 32.2. The van der Waals surface area contributed by atoms with Crippen molar-refractivity contribution in [2.75, 3.05) is 0 Å². The molecular formula is C14H19N3O2S2. The molecule has 5 nitrogen and oxygen atoms in total. The van der Waals surface area contributed by atoms with Gasteiger partial charge in [-0.1, -0.05) is 39.0 Å². The van der Waals surface area contributed by atoms with Gasteiger partial charge in [-0.3, -0.25) is 0 Å². The first-order valence-electron chi connectivity index (χ1n) is 6.47. The van der Waals surface area contributed by atoms with Crippen molar-refractivity contribution in [3.8, 4) is 0 Å². The predicted octanol–water partition coefficient (Wildman–Crippen LogP) is 2.18. The highest BCUT2D eigenvalue weighted by molar-refractivity contribution is 7.89. The van der Waals surface area contributed by atoms with E-state index in [4.69, 9.17) is 0 Å². The third-order valence-corrected chi connectivity index (χ3v) is 5.15. The van der Waals surface area contributed by atoms with Crippen molar-refractivity contribution in [2.24, 2.45) is 12.1 Å². The zero-order chi connectivity index (χ0) is 15.7. The summed E-state index contributed by atoms with van der Waals surface area (Å²) in [5, 5.41) is 6.03. The van der Waals surface area contributed by atoms with E-state index >= 15 is 0 Å². The van der Waals surface area contributed by atoms with Crippen LogP contribution in [0.4, 0.5) is 0 Å². The zero-order valence-corrected chi connectivity index (χ0v) is 14.1. The molecule has 0 bridgehead atoms. The van der Waals surface area contributed by atoms with Crippen molar-refractivity contribution in [1.29, 1.82) is 0 Å². The van der Waals surface area contributed by atoms with Crippen molar-refractivity contribution in [1.82, 2.24) is 9.40 Å². The second-order valence-electron chi connectivity index (χ2n) is 5.73. The number of nitrogens with zero attached hydrogens (tertiary/aromatic N) is 2. The van der Waals surface area contributed by atoms with E-state index in [1.54, 1.807) is 18.2 Å². The molecule has 2 rings (SSSR count). The Morgan fingerprint density at radius 3 is 2.33 bits per heavy atom. The molecule has 0 saturated carbocycles. The molecule has 0 atom stereocenters. The largest absolute Gasteiger partial charge is 0.322 e. The number of hydrogen-bond donors (Lipinski definition) is 1. The lowest BCUT2D eigenvalue weighted by Gasteiger charge is -2.18. The summed E-state index contributed by atoms with van der Waals surface area (Å²) in [6.07, 6.45) is 0. The fraction of sp³-hybridized carbons (Fsp3) is 0.357. The monoisotopic (exact) mass is 325 g/mol. The number of thiazole rings is 1. The molecule has 0 spiro atoms. The van der Waals surface area contributed by atoms with E-state index in [0.29, 0.717) is 4.80 Å². The standard InChI is InChI=1S/C14H19N3O2S2/c1-14(2,3)12-10-20-13(17(12)4)15-16-21(18,19)11-8-6-5-7-9-11/h5-10,16H,1-4H3/b15-13-. The molecule has 0 amide bonds. The Morgan fingerprint density at radius 1 is 1.19 bits per heavy atom. The third kappa shape index (κ3) is 3.54. The first-order valence-corrected chi connectivity index (χ1v) is 8.84. The van der Waals surface area contributed by atoms with E-state index in [2.05, 4.69) is 30.7 Å². The molecule has 0 saturated heterocycles. The zero-order valence-electron chi connectivity index (χ0n) is 12.5. The van der Waals surface area contributed by atoms with Gasteiger partial charge in [0.2, 0.25) is 4.80 Å². The summed E-state index contributed by atoms with van der Waals surface area (Å²) in [7, 11) is -1.74. The molecule has 7 heteroatoms. The maximum Gasteiger partial charge on any atom is 0.276 e. The molecule has 0 unspecified atom stereocenters. The van der Waals surface area contributed by atoms with Gasteiger partial charge in [-0.05, 0) is 12.1 Å². The Bertz CT molecular complexity index is 782. The van der Waals surface area contributed by atoms with Crippen molar-refractivity contribution in [3.05, 3.63) is 46.2 Å². The Kier molecular flexibility index (Phi) is 4.25. The average molecular weight is 325 g/mol. The second kappa shape index (κ2) is 5.65. The third-order valence-electron chi connectivity index (χ3n) is 3.01. The van der Waals surface area contributed by atoms with Gasteiger partial charge >= 0.3 is 0 Å². The lowest BCUT2D eigenvalue weighted by atomic mass is 9.93. The number of hydrogen-bond acceptors (Lipinski definition) is 4. The molecule has 21 heavy (non-hydrogen) atoms. The Labute approximate surface area is 129 Å². The molecule has 0 fully saturated rings. The summed E-state index contributed by atoms with van der Waals surface area (Å²) >= 11 is 1.41. The van der Waals surface area contributed by atoms with E-state index in [1.165, 1.54) is 23.5 Å². The van der Waals surface area contributed by atoms with Crippen LogP contribution < -0.4 is 9.63 Å². The van der Waals surface area contributed by atoms with Crippen LogP contribution in [0.15, 0.2) is 45.7 Å².